The minimum Gasteiger partial charge on any atom is -0.462 e. The van der Waals surface area contributed by atoms with Crippen LogP contribution >= 0.6 is 22.6 Å². The number of esters is 1. The standard InChI is InChI=1S/C17H13F4IO3/c1-2-24-15(23)11-3-7-13(8-4-11)25-14-9-5-12(6-10-14)16(18,19)17(20,21)22/h3-10H,2H2,1H3. The van der Waals surface area contributed by atoms with E-state index in [-0.39, 0.29) is 12.4 Å². The van der Waals surface area contributed by atoms with Crippen LogP contribution in [0.25, 0.3) is 0 Å². The molecule has 2 aromatic carbocycles. The zero-order valence-corrected chi connectivity index (χ0v) is 15.1. The fourth-order valence-electron chi connectivity index (χ4n) is 1.91. The van der Waals surface area contributed by atoms with Crippen LogP contribution in [0.4, 0.5) is 17.6 Å². The summed E-state index contributed by atoms with van der Waals surface area (Å²) < 4.78 is 59.1. The Morgan fingerprint density at radius 1 is 0.960 bits per heavy atom. The first-order chi connectivity index (χ1) is 11.6. The number of halogens is 5. The van der Waals surface area contributed by atoms with Crippen molar-refractivity contribution in [3.63, 3.8) is 0 Å². The van der Waals surface area contributed by atoms with Crippen LogP contribution in [0.3, 0.4) is 0 Å². The van der Waals surface area contributed by atoms with Gasteiger partial charge in [-0.3, -0.25) is 0 Å². The zero-order chi connectivity index (χ0) is 18.7. The van der Waals surface area contributed by atoms with Crippen molar-refractivity contribution in [2.24, 2.45) is 0 Å². The van der Waals surface area contributed by atoms with Gasteiger partial charge in [0.2, 0.25) is 0 Å². The van der Waals surface area contributed by atoms with Gasteiger partial charge < -0.3 is 9.47 Å². The third-order valence-corrected chi connectivity index (χ3v) is 3.85. The molecule has 134 valence electrons. The van der Waals surface area contributed by atoms with E-state index in [0.717, 1.165) is 12.1 Å². The first-order valence-electron chi connectivity index (χ1n) is 7.15. The highest BCUT2D eigenvalue weighted by Crippen LogP contribution is 2.47. The Kier molecular flexibility index (Phi) is 5.91. The van der Waals surface area contributed by atoms with E-state index in [1.54, 1.807) is 6.92 Å². The Labute approximate surface area is 155 Å². The molecule has 2 rings (SSSR count). The van der Waals surface area contributed by atoms with Crippen molar-refractivity contribution in [1.82, 2.24) is 0 Å². The summed E-state index contributed by atoms with van der Waals surface area (Å²) in [4.78, 5) is 11.5. The molecule has 25 heavy (non-hydrogen) atoms. The van der Waals surface area contributed by atoms with Crippen LogP contribution in [0, 0.1) is 0 Å². The van der Waals surface area contributed by atoms with E-state index < -0.39 is 21.4 Å². The highest BCUT2D eigenvalue weighted by Gasteiger charge is 2.55. The minimum atomic E-state index is -4.28. The third kappa shape index (κ3) is 4.62. The molecule has 2 aromatic rings. The molecule has 0 amide bonds. The van der Waals surface area contributed by atoms with E-state index in [1.165, 1.54) is 36.4 Å². The second kappa shape index (κ2) is 7.59. The van der Waals surface area contributed by atoms with Gasteiger partial charge in [-0.2, -0.15) is 17.6 Å². The molecule has 0 spiro atoms. The Balaban J connectivity index is 2.10. The van der Waals surface area contributed by atoms with Gasteiger partial charge in [0.1, 0.15) is 11.5 Å². The van der Waals surface area contributed by atoms with E-state index in [0.29, 0.717) is 33.9 Å². The van der Waals surface area contributed by atoms with Crippen LogP contribution in [0.2, 0.25) is 0 Å². The topological polar surface area (TPSA) is 35.5 Å². The average molecular weight is 468 g/mol. The maximum absolute atomic E-state index is 13.6. The number of carbonyl (C=O) groups is 1. The van der Waals surface area contributed by atoms with Crippen LogP contribution < -0.4 is 4.74 Å². The number of hydrogen-bond acceptors (Lipinski definition) is 3. The fourth-order valence-corrected chi connectivity index (χ4v) is 2.22. The van der Waals surface area contributed by atoms with Crippen LogP contribution in [0.5, 0.6) is 11.5 Å². The lowest BCUT2D eigenvalue weighted by Crippen LogP contribution is -2.31. The maximum Gasteiger partial charge on any atom is 0.362 e. The maximum atomic E-state index is 13.6. The van der Waals surface area contributed by atoms with E-state index in [4.69, 9.17) is 9.47 Å². The van der Waals surface area contributed by atoms with Crippen LogP contribution in [-0.4, -0.2) is 16.5 Å². The molecule has 0 saturated carbocycles. The Bertz CT molecular complexity index is 725. The summed E-state index contributed by atoms with van der Waals surface area (Å²) in [6, 6.07) is 10.1. The predicted octanol–water partition coefficient (Wildman–Crippen LogP) is 5.78. The van der Waals surface area contributed by atoms with Crippen molar-refractivity contribution in [2.45, 2.75) is 16.8 Å². The molecule has 0 aliphatic carbocycles. The van der Waals surface area contributed by atoms with Gasteiger partial charge in [0, 0.05) is 28.2 Å². The van der Waals surface area contributed by atoms with Gasteiger partial charge >= 0.3 is 15.8 Å². The average Bonchev–Trinajstić information content (AvgIpc) is 2.55. The van der Waals surface area contributed by atoms with E-state index in [2.05, 4.69) is 0 Å². The van der Waals surface area contributed by atoms with Crippen LogP contribution in [-0.2, 0) is 10.7 Å². The zero-order valence-electron chi connectivity index (χ0n) is 12.9. The van der Waals surface area contributed by atoms with Gasteiger partial charge in [-0.15, -0.1) is 0 Å². The van der Waals surface area contributed by atoms with Crippen molar-refractivity contribution >= 4 is 28.6 Å². The summed E-state index contributed by atoms with van der Waals surface area (Å²) >= 11 is 0.412. The molecule has 0 atom stereocenters. The number of ether oxygens (including phenoxy) is 2. The van der Waals surface area contributed by atoms with Gasteiger partial charge in [0.15, 0.2) is 0 Å². The Morgan fingerprint density at radius 2 is 1.44 bits per heavy atom. The lowest BCUT2D eigenvalue weighted by atomic mass is 10.1. The molecule has 0 radical (unpaired) electrons. The van der Waals surface area contributed by atoms with Gasteiger partial charge in [0.25, 0.3) is 0 Å². The Morgan fingerprint density at radius 3 is 1.88 bits per heavy atom. The largest absolute Gasteiger partial charge is 0.462 e. The monoisotopic (exact) mass is 468 g/mol. The van der Waals surface area contributed by atoms with Crippen LogP contribution in [0.15, 0.2) is 48.5 Å². The molecule has 0 heterocycles. The second-order valence-electron chi connectivity index (χ2n) is 4.94. The molecule has 8 heteroatoms. The minimum absolute atomic E-state index is 0.195. The van der Waals surface area contributed by atoms with Crippen molar-refractivity contribution in [1.29, 1.82) is 0 Å². The first kappa shape index (κ1) is 19.5. The fraction of sp³-hybridized carbons (Fsp3) is 0.235. The van der Waals surface area contributed by atoms with Gasteiger partial charge in [-0.25, -0.2) is 4.79 Å². The molecule has 0 N–H and O–H groups in total. The third-order valence-electron chi connectivity index (χ3n) is 3.17. The lowest BCUT2D eigenvalue weighted by Gasteiger charge is -2.22. The molecular formula is C17H13F4IO3. The number of carbonyl (C=O) groups excluding carboxylic acids is 1. The smallest absolute Gasteiger partial charge is 0.362 e. The highest BCUT2D eigenvalue weighted by molar-refractivity contribution is 14.1. The SMILES string of the molecule is CCOC(=O)c1ccc(Oc2ccc(C(F)(F)C(F)(F)I)cc2)cc1. The van der Waals surface area contributed by atoms with Crippen LogP contribution in [0.1, 0.15) is 22.8 Å². The second-order valence-corrected chi connectivity index (χ2v) is 6.30. The molecule has 0 bridgehead atoms. The van der Waals surface area contributed by atoms with Crippen molar-refractivity contribution in [2.75, 3.05) is 6.61 Å². The normalized spacial score (nSPS) is 11.9. The molecule has 3 nitrogen and oxygen atoms in total. The van der Waals surface area contributed by atoms with Gasteiger partial charge in [0.05, 0.1) is 12.2 Å². The Hall–Kier alpha value is -1.84. The summed E-state index contributed by atoms with van der Waals surface area (Å²) in [5.74, 6) is -4.21. The molecular weight excluding hydrogens is 455 g/mol. The van der Waals surface area contributed by atoms with Gasteiger partial charge in [-0.1, -0.05) is 0 Å². The summed E-state index contributed by atoms with van der Waals surface area (Å²) in [6.45, 7) is 1.95. The number of alkyl halides is 5. The lowest BCUT2D eigenvalue weighted by molar-refractivity contribution is -0.147. The number of hydrogen-bond donors (Lipinski definition) is 0. The number of rotatable bonds is 6. The first-order valence-corrected chi connectivity index (χ1v) is 8.23. The number of benzene rings is 2. The molecule has 0 unspecified atom stereocenters. The molecule has 0 fully saturated rings. The molecule has 0 aromatic heterocycles. The van der Waals surface area contributed by atoms with Gasteiger partial charge in [-0.05, 0) is 55.5 Å². The quantitative estimate of drug-likeness (QED) is 0.234. The molecule has 0 saturated heterocycles. The summed E-state index contributed by atoms with van der Waals surface area (Å²) in [5, 5.41) is 0. The highest BCUT2D eigenvalue weighted by atomic mass is 127. The molecule has 0 aliphatic rings. The van der Waals surface area contributed by atoms with E-state index in [9.17, 15) is 22.4 Å². The van der Waals surface area contributed by atoms with E-state index in [1.807, 2.05) is 0 Å². The molecule has 0 aliphatic heterocycles. The summed E-state index contributed by atoms with van der Waals surface area (Å²) in [7, 11) is 0. The predicted molar refractivity (Wildman–Crippen MR) is 91.8 cm³/mol. The summed E-state index contributed by atoms with van der Waals surface area (Å²) in [5.41, 5.74) is -0.467. The summed E-state index contributed by atoms with van der Waals surface area (Å²) in [6.07, 6.45) is 0. The van der Waals surface area contributed by atoms with Crippen molar-refractivity contribution in [3.8, 4) is 11.5 Å². The van der Waals surface area contributed by atoms with Crippen molar-refractivity contribution in [3.05, 3.63) is 59.7 Å². The van der Waals surface area contributed by atoms with Crippen molar-refractivity contribution < 1.29 is 31.8 Å². The van der Waals surface area contributed by atoms with E-state index >= 15 is 0 Å².